The second-order valence-electron chi connectivity index (χ2n) is 8.89. The molecule has 2 aliphatic rings. The van der Waals surface area contributed by atoms with Gasteiger partial charge >= 0.3 is 6.18 Å². The lowest BCUT2D eigenvalue weighted by atomic mass is 10.2. The predicted octanol–water partition coefficient (Wildman–Crippen LogP) is 0.754. The Kier molecular flexibility index (Phi) is 7.93. The van der Waals surface area contributed by atoms with E-state index in [-0.39, 0.29) is 13.2 Å². The molecule has 15 heteroatoms. The van der Waals surface area contributed by atoms with E-state index in [0.717, 1.165) is 58.1 Å². The van der Waals surface area contributed by atoms with Gasteiger partial charge in [-0.05, 0) is 6.07 Å². The summed E-state index contributed by atoms with van der Waals surface area (Å²) in [6, 6.07) is 1.72. The summed E-state index contributed by atoms with van der Waals surface area (Å²) < 4.78 is 44.4. The quantitative estimate of drug-likeness (QED) is 0.346. The number of hydrogen-bond donors (Lipinski definition) is 3. The molecule has 0 atom stereocenters. The zero-order valence-corrected chi connectivity index (χ0v) is 20.3. The van der Waals surface area contributed by atoms with Gasteiger partial charge in [-0.2, -0.15) is 23.3 Å². The van der Waals surface area contributed by atoms with Gasteiger partial charge in [0.25, 0.3) is 0 Å². The van der Waals surface area contributed by atoms with Crippen molar-refractivity contribution in [2.45, 2.75) is 19.3 Å². The Bertz CT molecular complexity index is 1160. The zero-order valence-electron chi connectivity index (χ0n) is 20.3. The van der Waals surface area contributed by atoms with Gasteiger partial charge in [-0.3, -0.25) is 9.58 Å². The van der Waals surface area contributed by atoms with Gasteiger partial charge in [0.1, 0.15) is 35.5 Å². The molecule has 3 N–H and O–H groups in total. The van der Waals surface area contributed by atoms with E-state index in [1.165, 1.54) is 6.33 Å². The maximum Gasteiger partial charge on any atom is 0.411 e. The fourth-order valence-corrected chi connectivity index (χ4v) is 4.40. The fourth-order valence-electron chi connectivity index (χ4n) is 4.40. The second kappa shape index (κ2) is 11.5. The molecule has 12 nitrogen and oxygen atoms in total. The molecule has 0 spiro atoms. The molecule has 2 aliphatic heterocycles. The van der Waals surface area contributed by atoms with Crippen LogP contribution in [0.5, 0.6) is 0 Å². The molecule has 2 fully saturated rings. The van der Waals surface area contributed by atoms with Gasteiger partial charge in [0.2, 0.25) is 5.95 Å². The van der Waals surface area contributed by atoms with Gasteiger partial charge in [0, 0.05) is 65.1 Å². The number of piperazine rings is 2. The minimum absolute atomic E-state index is 0.114. The van der Waals surface area contributed by atoms with E-state index in [1.807, 2.05) is 0 Å². The van der Waals surface area contributed by atoms with E-state index in [4.69, 9.17) is 19.8 Å². The third kappa shape index (κ3) is 6.60. The first kappa shape index (κ1) is 25.5. The molecule has 5 rings (SSSR count). The van der Waals surface area contributed by atoms with E-state index in [1.54, 1.807) is 16.9 Å². The van der Waals surface area contributed by atoms with Crippen molar-refractivity contribution in [2.75, 3.05) is 75.8 Å². The van der Waals surface area contributed by atoms with Crippen molar-refractivity contribution in [1.29, 1.82) is 0 Å². The number of fused-ring (bicyclic) bond motifs is 1. The highest BCUT2D eigenvalue weighted by Gasteiger charge is 2.28. The number of hydrogen-bond acceptors (Lipinski definition) is 11. The lowest BCUT2D eigenvalue weighted by Crippen LogP contribution is -2.44. The summed E-state index contributed by atoms with van der Waals surface area (Å²) >= 11 is 0. The van der Waals surface area contributed by atoms with Crippen LogP contribution in [0.1, 0.15) is 5.69 Å². The van der Waals surface area contributed by atoms with Crippen LogP contribution in [0.2, 0.25) is 0 Å². The number of aromatic nitrogens is 6. The minimum atomic E-state index is -4.39. The Balaban J connectivity index is 1.54. The topological polar surface area (TPSA) is 121 Å². The summed E-state index contributed by atoms with van der Waals surface area (Å²) in [5.74, 6) is 1.58. The summed E-state index contributed by atoms with van der Waals surface area (Å²) in [6.45, 7) is 5.86. The molecule has 0 amide bonds. The smallest absolute Gasteiger partial charge is 0.370 e. The minimum Gasteiger partial charge on any atom is -0.370 e. The Morgan fingerprint density at radius 3 is 2.49 bits per heavy atom. The summed E-state index contributed by atoms with van der Waals surface area (Å²) in [4.78, 5) is 22.4. The van der Waals surface area contributed by atoms with Crippen molar-refractivity contribution < 1.29 is 17.9 Å². The zero-order chi connectivity index (χ0) is 25.7. The molecule has 3 aromatic heterocycles. The van der Waals surface area contributed by atoms with Crippen LogP contribution >= 0.6 is 0 Å². The molecule has 3 aromatic rings. The molecule has 5 heterocycles. The average molecular weight is 522 g/mol. The second-order valence-corrected chi connectivity index (χ2v) is 8.89. The summed E-state index contributed by atoms with van der Waals surface area (Å²) in [6.07, 6.45) is -1.35. The van der Waals surface area contributed by atoms with Crippen LogP contribution in [0.4, 0.5) is 30.8 Å². The first-order valence-electron chi connectivity index (χ1n) is 12.3. The predicted molar refractivity (Wildman–Crippen MR) is 131 cm³/mol. The summed E-state index contributed by atoms with van der Waals surface area (Å²) in [5, 5.41) is 14.7. The van der Waals surface area contributed by atoms with E-state index in [9.17, 15) is 13.2 Å². The first-order valence-corrected chi connectivity index (χ1v) is 12.3. The standard InChI is InChI=1S/C22H30F3N11O/c23-22(24,25)14-37-12-11-36-19-18(16(33-36)13-34-7-3-26-4-8-34)31-21(35-9-5-27-6-10-35)32-20(19)30-17-1-2-28-15-29-17/h1-2,15,26-27H,3-14H2,(H,28,29,30,31,32). The third-order valence-electron chi connectivity index (χ3n) is 6.17. The molecule has 2 saturated heterocycles. The number of anilines is 3. The normalized spacial score (nSPS) is 17.4. The number of alkyl halides is 3. The number of nitrogens with zero attached hydrogens (tertiary/aromatic N) is 8. The number of nitrogens with one attached hydrogen (secondary N) is 3. The van der Waals surface area contributed by atoms with E-state index in [2.05, 4.69) is 35.7 Å². The number of rotatable bonds is 9. The molecule has 0 aromatic carbocycles. The van der Waals surface area contributed by atoms with Gasteiger partial charge < -0.3 is 25.6 Å². The Hall–Kier alpha value is -3.14. The van der Waals surface area contributed by atoms with Crippen LogP contribution in [0.25, 0.3) is 11.0 Å². The molecule has 0 aliphatic carbocycles. The molecule has 37 heavy (non-hydrogen) atoms. The van der Waals surface area contributed by atoms with Crippen LogP contribution in [-0.2, 0) is 17.8 Å². The molecule has 0 saturated carbocycles. The Morgan fingerprint density at radius 2 is 1.78 bits per heavy atom. The number of halogens is 3. The van der Waals surface area contributed by atoms with Crippen molar-refractivity contribution in [1.82, 2.24) is 45.2 Å². The summed E-state index contributed by atoms with van der Waals surface area (Å²) in [7, 11) is 0. The van der Waals surface area contributed by atoms with Crippen LogP contribution < -0.4 is 20.9 Å². The first-order chi connectivity index (χ1) is 18.0. The summed E-state index contributed by atoms with van der Waals surface area (Å²) in [5.41, 5.74) is 2.00. The van der Waals surface area contributed by atoms with E-state index < -0.39 is 12.8 Å². The highest BCUT2D eigenvalue weighted by molar-refractivity contribution is 5.90. The van der Waals surface area contributed by atoms with Crippen molar-refractivity contribution in [3.8, 4) is 0 Å². The van der Waals surface area contributed by atoms with Gasteiger partial charge in [-0.1, -0.05) is 0 Å². The van der Waals surface area contributed by atoms with Crippen LogP contribution in [0.3, 0.4) is 0 Å². The largest absolute Gasteiger partial charge is 0.411 e. The SMILES string of the molecule is FC(F)(F)COCCn1nc(CN2CCNCC2)c2nc(N3CCNCC3)nc(Nc3ccncn3)c21. The van der Waals surface area contributed by atoms with Gasteiger partial charge in [0.15, 0.2) is 5.82 Å². The highest BCUT2D eigenvalue weighted by Crippen LogP contribution is 2.29. The van der Waals surface area contributed by atoms with Gasteiger partial charge in [-0.25, -0.2) is 15.0 Å². The van der Waals surface area contributed by atoms with Crippen molar-refractivity contribution in [2.24, 2.45) is 0 Å². The maximum absolute atomic E-state index is 12.6. The van der Waals surface area contributed by atoms with Crippen molar-refractivity contribution in [3.05, 3.63) is 24.3 Å². The van der Waals surface area contributed by atoms with E-state index in [0.29, 0.717) is 35.2 Å². The fraction of sp³-hybridized carbons (Fsp3) is 0.591. The molecular formula is C22H30F3N11O. The van der Waals surface area contributed by atoms with Crippen LogP contribution in [0, 0.1) is 0 Å². The highest BCUT2D eigenvalue weighted by atomic mass is 19.4. The Morgan fingerprint density at radius 1 is 1.03 bits per heavy atom. The van der Waals surface area contributed by atoms with Gasteiger partial charge in [-0.15, -0.1) is 0 Å². The van der Waals surface area contributed by atoms with Crippen molar-refractivity contribution in [3.63, 3.8) is 0 Å². The molecule has 0 bridgehead atoms. The third-order valence-corrected chi connectivity index (χ3v) is 6.17. The molecule has 0 unspecified atom stereocenters. The lowest BCUT2D eigenvalue weighted by Gasteiger charge is -2.28. The lowest BCUT2D eigenvalue weighted by molar-refractivity contribution is -0.174. The maximum atomic E-state index is 12.6. The molecule has 200 valence electrons. The number of ether oxygens (including phenoxy) is 1. The van der Waals surface area contributed by atoms with Gasteiger partial charge in [0.05, 0.1) is 13.2 Å². The van der Waals surface area contributed by atoms with Crippen LogP contribution in [-0.4, -0.2) is 106 Å². The molecule has 0 radical (unpaired) electrons. The Labute approximate surface area is 211 Å². The van der Waals surface area contributed by atoms with Crippen LogP contribution in [0.15, 0.2) is 18.6 Å². The average Bonchev–Trinajstić information content (AvgIpc) is 3.25. The van der Waals surface area contributed by atoms with Crippen molar-refractivity contribution >= 4 is 28.6 Å². The monoisotopic (exact) mass is 521 g/mol. The van der Waals surface area contributed by atoms with E-state index >= 15 is 0 Å². The molecular weight excluding hydrogens is 491 g/mol.